The van der Waals surface area contributed by atoms with Crippen LogP contribution in [0, 0.1) is 0 Å². The number of carbonyl (C=O) groups is 1. The highest BCUT2D eigenvalue weighted by Crippen LogP contribution is 2.35. The van der Waals surface area contributed by atoms with Crippen LogP contribution in [0.15, 0.2) is 42.5 Å². The first-order valence-corrected chi connectivity index (χ1v) is 5.73. The summed E-state index contributed by atoms with van der Waals surface area (Å²) in [6.07, 6.45) is 1.77. The summed E-state index contributed by atoms with van der Waals surface area (Å²) in [4.78, 5) is 10.8. The average Bonchev–Trinajstić information content (AvgIpc) is 2.40. The molecular formula is C15H12O5. The average molecular weight is 272 g/mol. The van der Waals surface area contributed by atoms with E-state index >= 15 is 0 Å². The van der Waals surface area contributed by atoms with Gasteiger partial charge in [-0.2, -0.15) is 0 Å². The Morgan fingerprint density at radius 1 is 0.850 bits per heavy atom. The van der Waals surface area contributed by atoms with Crippen molar-refractivity contribution in [2.24, 2.45) is 0 Å². The van der Waals surface area contributed by atoms with Gasteiger partial charge in [0, 0.05) is 11.6 Å². The minimum absolute atomic E-state index is 0.106. The van der Waals surface area contributed by atoms with Crippen molar-refractivity contribution >= 4 is 11.9 Å². The van der Waals surface area contributed by atoms with Crippen LogP contribution in [-0.4, -0.2) is 26.7 Å². The summed E-state index contributed by atoms with van der Waals surface area (Å²) in [5.41, 5.74) is 1.11. The van der Waals surface area contributed by atoms with Crippen molar-refractivity contribution in [1.82, 2.24) is 0 Å². The molecule has 2 aromatic carbocycles. The van der Waals surface area contributed by atoms with E-state index in [-0.39, 0.29) is 23.0 Å². The second-order valence-electron chi connectivity index (χ2n) is 4.12. The number of hydrogen-bond acceptors (Lipinski definition) is 5. The highest BCUT2D eigenvalue weighted by Gasteiger charge is 2.12. The van der Waals surface area contributed by atoms with E-state index in [4.69, 9.17) is 0 Å². The molecule has 2 aromatic rings. The maximum atomic E-state index is 10.8. The van der Waals surface area contributed by atoms with E-state index in [2.05, 4.69) is 0 Å². The molecule has 5 heteroatoms. The number of phenolic OH excluding ortho intramolecular Hbond substituents is 4. The van der Waals surface area contributed by atoms with Crippen molar-refractivity contribution in [3.05, 3.63) is 53.6 Å². The monoisotopic (exact) mass is 272 g/mol. The zero-order chi connectivity index (χ0) is 14.7. The van der Waals surface area contributed by atoms with Crippen LogP contribution in [0.25, 0.3) is 5.57 Å². The number of phenols is 4. The van der Waals surface area contributed by atoms with Gasteiger partial charge in [-0.3, -0.25) is 4.79 Å². The molecule has 102 valence electrons. The van der Waals surface area contributed by atoms with Crippen LogP contribution in [0.4, 0.5) is 0 Å². The third kappa shape index (κ3) is 2.56. The normalized spacial score (nSPS) is 11.3. The molecule has 0 unspecified atom stereocenters. The number of aldehydes is 1. The maximum absolute atomic E-state index is 10.8. The molecule has 0 heterocycles. The highest BCUT2D eigenvalue weighted by atomic mass is 16.3. The lowest BCUT2D eigenvalue weighted by molar-refractivity contribution is -0.104. The summed E-state index contributed by atoms with van der Waals surface area (Å²) in [5, 5.41) is 37.9. The Labute approximate surface area is 114 Å². The predicted molar refractivity (Wildman–Crippen MR) is 72.7 cm³/mol. The number of allylic oxidation sites excluding steroid dienone is 1. The summed E-state index contributed by atoms with van der Waals surface area (Å²) in [6.45, 7) is 0. The lowest BCUT2D eigenvalue weighted by Crippen LogP contribution is -1.90. The number of benzene rings is 2. The Bertz CT molecular complexity index is 689. The van der Waals surface area contributed by atoms with E-state index in [1.807, 2.05) is 0 Å². The Morgan fingerprint density at radius 3 is 2.20 bits per heavy atom. The van der Waals surface area contributed by atoms with E-state index in [9.17, 15) is 25.2 Å². The summed E-state index contributed by atoms with van der Waals surface area (Å²) in [6, 6.07) is 8.01. The third-order valence-electron chi connectivity index (χ3n) is 2.79. The molecule has 0 spiro atoms. The smallest absolute Gasteiger partial charge is 0.158 e. The van der Waals surface area contributed by atoms with Gasteiger partial charge in [-0.25, -0.2) is 0 Å². The van der Waals surface area contributed by atoms with E-state index in [1.165, 1.54) is 36.4 Å². The van der Waals surface area contributed by atoms with Crippen molar-refractivity contribution in [1.29, 1.82) is 0 Å². The molecule has 5 nitrogen and oxygen atoms in total. The molecule has 4 N–H and O–H groups in total. The van der Waals surface area contributed by atoms with E-state index in [1.54, 1.807) is 0 Å². The number of rotatable bonds is 3. The lowest BCUT2D eigenvalue weighted by Gasteiger charge is -2.10. The quantitative estimate of drug-likeness (QED) is 0.390. The molecule has 0 radical (unpaired) electrons. The van der Waals surface area contributed by atoms with Gasteiger partial charge in [-0.1, -0.05) is 6.07 Å². The van der Waals surface area contributed by atoms with Crippen LogP contribution >= 0.6 is 0 Å². The van der Waals surface area contributed by atoms with Gasteiger partial charge in [-0.15, -0.1) is 0 Å². The van der Waals surface area contributed by atoms with Gasteiger partial charge >= 0.3 is 0 Å². The van der Waals surface area contributed by atoms with Crippen LogP contribution in [0.2, 0.25) is 0 Å². The van der Waals surface area contributed by atoms with Gasteiger partial charge < -0.3 is 20.4 Å². The van der Waals surface area contributed by atoms with Crippen LogP contribution in [0.5, 0.6) is 23.0 Å². The fourth-order valence-electron chi connectivity index (χ4n) is 1.85. The molecule has 0 aliphatic carbocycles. The lowest BCUT2D eigenvalue weighted by atomic mass is 9.96. The van der Waals surface area contributed by atoms with Crippen LogP contribution < -0.4 is 0 Å². The van der Waals surface area contributed by atoms with E-state index in [0.717, 1.165) is 6.07 Å². The second kappa shape index (κ2) is 5.36. The van der Waals surface area contributed by atoms with Crippen molar-refractivity contribution in [3.8, 4) is 23.0 Å². The Kier molecular flexibility index (Phi) is 3.61. The molecule has 0 aromatic heterocycles. The fraction of sp³-hybridized carbons (Fsp3) is 0. The van der Waals surface area contributed by atoms with Gasteiger partial charge in [0.15, 0.2) is 11.5 Å². The molecule has 0 saturated heterocycles. The SMILES string of the molecule is O=CC=C(c1ccc(O)c(O)c1)c1ccc(O)cc1O. The fourth-order valence-corrected chi connectivity index (χ4v) is 1.85. The van der Waals surface area contributed by atoms with E-state index in [0.29, 0.717) is 23.0 Å². The predicted octanol–water partition coefficient (Wildman–Crippen LogP) is 2.14. The second-order valence-corrected chi connectivity index (χ2v) is 4.12. The molecule has 0 aliphatic rings. The number of hydrogen-bond donors (Lipinski definition) is 4. The van der Waals surface area contributed by atoms with Crippen molar-refractivity contribution in [2.75, 3.05) is 0 Å². The van der Waals surface area contributed by atoms with Gasteiger partial charge in [0.1, 0.15) is 17.8 Å². The summed E-state index contributed by atoms with van der Waals surface area (Å²) in [7, 11) is 0. The molecule has 2 rings (SSSR count). The summed E-state index contributed by atoms with van der Waals surface area (Å²) >= 11 is 0. The molecule has 0 saturated carbocycles. The highest BCUT2D eigenvalue weighted by molar-refractivity contribution is 5.91. The Hall–Kier alpha value is -2.95. The third-order valence-corrected chi connectivity index (χ3v) is 2.79. The first-order chi connectivity index (χ1) is 9.52. The van der Waals surface area contributed by atoms with Crippen molar-refractivity contribution < 1.29 is 25.2 Å². The maximum Gasteiger partial charge on any atom is 0.158 e. The van der Waals surface area contributed by atoms with Gasteiger partial charge in [0.2, 0.25) is 0 Å². The molecule has 0 aliphatic heterocycles. The molecule has 0 atom stereocenters. The standard InChI is InChI=1S/C15H12O5/c16-6-5-11(9-1-4-13(18)15(20)7-9)12-3-2-10(17)8-14(12)19/h1-8,17-20H. The van der Waals surface area contributed by atoms with Gasteiger partial charge in [0.25, 0.3) is 0 Å². The first kappa shape index (κ1) is 13.5. The zero-order valence-electron chi connectivity index (χ0n) is 10.3. The minimum atomic E-state index is -0.336. The molecule has 0 bridgehead atoms. The Balaban J connectivity index is 2.59. The van der Waals surface area contributed by atoms with Gasteiger partial charge in [0.05, 0.1) is 0 Å². The van der Waals surface area contributed by atoms with Crippen LogP contribution in [0.3, 0.4) is 0 Å². The molecular weight excluding hydrogens is 260 g/mol. The van der Waals surface area contributed by atoms with Crippen LogP contribution in [0.1, 0.15) is 11.1 Å². The van der Waals surface area contributed by atoms with E-state index < -0.39 is 0 Å². The topological polar surface area (TPSA) is 98.0 Å². The van der Waals surface area contributed by atoms with Crippen molar-refractivity contribution in [2.45, 2.75) is 0 Å². The summed E-state index contributed by atoms with van der Waals surface area (Å²) < 4.78 is 0. The number of carbonyl (C=O) groups excluding carboxylic acids is 1. The Morgan fingerprint density at radius 2 is 1.60 bits per heavy atom. The zero-order valence-corrected chi connectivity index (χ0v) is 10.3. The van der Waals surface area contributed by atoms with Crippen molar-refractivity contribution in [3.63, 3.8) is 0 Å². The molecule has 0 fully saturated rings. The first-order valence-electron chi connectivity index (χ1n) is 5.73. The minimum Gasteiger partial charge on any atom is -0.508 e. The summed E-state index contributed by atoms with van der Waals surface area (Å²) in [5.74, 6) is -0.928. The largest absolute Gasteiger partial charge is 0.508 e. The van der Waals surface area contributed by atoms with Crippen LogP contribution in [-0.2, 0) is 4.79 Å². The number of aromatic hydroxyl groups is 4. The van der Waals surface area contributed by atoms with Gasteiger partial charge in [-0.05, 0) is 41.5 Å². The molecule has 0 amide bonds. The molecule has 20 heavy (non-hydrogen) atoms.